The van der Waals surface area contributed by atoms with Gasteiger partial charge in [0.2, 0.25) is 0 Å². The van der Waals surface area contributed by atoms with Gasteiger partial charge < -0.3 is 15.1 Å². The molecule has 0 aromatic carbocycles. The van der Waals surface area contributed by atoms with E-state index in [1.807, 2.05) is 7.05 Å². The number of phosphoric acid groups is 1. The van der Waals surface area contributed by atoms with E-state index >= 15 is 0 Å². The van der Waals surface area contributed by atoms with Gasteiger partial charge in [0.15, 0.2) is 0 Å². The van der Waals surface area contributed by atoms with Crippen LogP contribution in [0.4, 0.5) is 0 Å². The van der Waals surface area contributed by atoms with E-state index in [-0.39, 0.29) is 0 Å². The highest BCUT2D eigenvalue weighted by Crippen LogP contribution is 2.40. The first-order valence-corrected chi connectivity index (χ1v) is 6.25. The summed E-state index contributed by atoms with van der Waals surface area (Å²) in [5.41, 5.74) is -0.487. The van der Waals surface area contributed by atoms with Crippen molar-refractivity contribution in [2.75, 3.05) is 7.05 Å². The fourth-order valence-corrected chi connectivity index (χ4v) is 1.07. The molecule has 0 spiro atoms. The molecule has 0 heterocycles. The largest absolute Gasteiger partial charge is 0.470 e. The van der Waals surface area contributed by atoms with Crippen LogP contribution in [0.1, 0.15) is 41.5 Å². The summed E-state index contributed by atoms with van der Waals surface area (Å²) in [5.74, 6) is 0. The highest BCUT2D eigenvalue weighted by Gasteiger charge is 2.23. The number of nitrogens with one attached hydrogen (secondary N) is 1. The maximum absolute atomic E-state index is 10.1. The average Bonchev–Trinajstić information content (AvgIpc) is 1.78. The van der Waals surface area contributed by atoms with Crippen LogP contribution in [-0.4, -0.2) is 28.0 Å². The highest BCUT2D eigenvalue weighted by atomic mass is 31.2. The molecule has 94 valence electrons. The molecule has 15 heavy (non-hydrogen) atoms. The molecule has 3 N–H and O–H groups in total. The van der Waals surface area contributed by atoms with Gasteiger partial charge in [0.25, 0.3) is 0 Å². The van der Waals surface area contributed by atoms with Gasteiger partial charge in [-0.2, -0.15) is 0 Å². The molecule has 0 aromatic heterocycles. The number of rotatable bonds is 1. The van der Waals surface area contributed by atoms with Gasteiger partial charge in [-0.25, -0.2) is 4.57 Å². The van der Waals surface area contributed by atoms with E-state index in [1.54, 1.807) is 20.8 Å². The van der Waals surface area contributed by atoms with Gasteiger partial charge in [0.05, 0.1) is 5.60 Å². The molecule has 0 amide bonds. The zero-order valence-corrected chi connectivity index (χ0v) is 11.6. The van der Waals surface area contributed by atoms with Crippen molar-refractivity contribution in [3.63, 3.8) is 0 Å². The Morgan fingerprint density at radius 1 is 1.07 bits per heavy atom. The molecule has 0 aliphatic heterocycles. The molecule has 0 rings (SSSR count). The normalized spacial score (nSPS) is 13.1. The van der Waals surface area contributed by atoms with Crippen LogP contribution in [-0.2, 0) is 9.09 Å². The first kappa shape index (κ1) is 17.5. The van der Waals surface area contributed by atoms with Gasteiger partial charge in [-0.05, 0) is 48.6 Å². The number of phosphoric ester groups is 1. The molecule has 0 aromatic rings. The minimum absolute atomic E-state index is 0.292. The van der Waals surface area contributed by atoms with Crippen molar-refractivity contribution in [2.24, 2.45) is 0 Å². The monoisotopic (exact) mass is 241 g/mol. The fourth-order valence-electron chi connectivity index (χ4n) is 0.357. The van der Waals surface area contributed by atoms with Gasteiger partial charge in [0, 0.05) is 5.54 Å². The Balaban J connectivity index is 0. The lowest BCUT2D eigenvalue weighted by molar-refractivity contribution is 0.0810. The molecule has 6 heteroatoms. The van der Waals surface area contributed by atoms with E-state index in [0.717, 1.165) is 0 Å². The summed E-state index contributed by atoms with van der Waals surface area (Å²) < 4.78 is 14.4. The molecule has 0 atom stereocenters. The van der Waals surface area contributed by atoms with Gasteiger partial charge in [-0.3, -0.25) is 4.52 Å². The van der Waals surface area contributed by atoms with Gasteiger partial charge in [0.1, 0.15) is 0 Å². The third-order valence-corrected chi connectivity index (χ3v) is 1.93. The summed E-state index contributed by atoms with van der Waals surface area (Å²) in [6.45, 7) is 11.1. The molecule has 0 saturated heterocycles. The molecule has 0 unspecified atom stereocenters. The Labute approximate surface area is 92.5 Å². The van der Waals surface area contributed by atoms with E-state index in [4.69, 9.17) is 9.79 Å². The third-order valence-electron chi connectivity index (χ3n) is 1.14. The van der Waals surface area contributed by atoms with Gasteiger partial charge >= 0.3 is 7.82 Å². The molecular formula is C9H24NO4P. The molecule has 0 fully saturated rings. The molecular weight excluding hydrogens is 217 g/mol. The van der Waals surface area contributed by atoms with Crippen LogP contribution in [0.3, 0.4) is 0 Å². The van der Waals surface area contributed by atoms with Crippen LogP contribution in [0.25, 0.3) is 0 Å². The number of hydrogen-bond acceptors (Lipinski definition) is 3. The Morgan fingerprint density at radius 2 is 1.33 bits per heavy atom. The SMILES string of the molecule is CC(C)(C)OP(=O)(O)O.CNC(C)(C)C. The Hall–Kier alpha value is 0.0700. The molecule has 0 bridgehead atoms. The lowest BCUT2D eigenvalue weighted by Crippen LogP contribution is -2.31. The Kier molecular flexibility index (Phi) is 6.95. The van der Waals surface area contributed by atoms with Crippen LogP contribution in [0.15, 0.2) is 0 Å². The smallest absolute Gasteiger partial charge is 0.315 e. The standard InChI is InChI=1S/C5H13N.C4H11O4P/c1-5(2,3)6-4;1-4(2,3)8-9(5,6)7/h6H,1-4H3;1-3H3,(H2,5,6,7). The first-order valence-electron chi connectivity index (χ1n) is 4.72. The topological polar surface area (TPSA) is 78.8 Å². The van der Waals surface area contributed by atoms with Gasteiger partial charge in [-0.1, -0.05) is 0 Å². The Bertz CT molecular complexity index is 211. The van der Waals surface area contributed by atoms with Crippen LogP contribution in [0.5, 0.6) is 0 Å². The van der Waals surface area contributed by atoms with Crippen LogP contribution in [0.2, 0.25) is 0 Å². The molecule has 0 radical (unpaired) electrons. The zero-order valence-electron chi connectivity index (χ0n) is 10.7. The Morgan fingerprint density at radius 3 is 1.33 bits per heavy atom. The summed E-state index contributed by atoms with van der Waals surface area (Å²) in [4.78, 5) is 16.5. The zero-order chi connectivity index (χ0) is 12.9. The molecule has 0 aliphatic rings. The maximum atomic E-state index is 10.1. The lowest BCUT2D eigenvalue weighted by Gasteiger charge is -2.18. The van der Waals surface area contributed by atoms with Crippen molar-refractivity contribution in [1.29, 1.82) is 0 Å². The quantitative estimate of drug-likeness (QED) is 0.611. The van der Waals surface area contributed by atoms with Crippen molar-refractivity contribution in [2.45, 2.75) is 52.7 Å². The van der Waals surface area contributed by atoms with Crippen molar-refractivity contribution in [3.05, 3.63) is 0 Å². The van der Waals surface area contributed by atoms with Crippen LogP contribution >= 0.6 is 7.82 Å². The first-order chi connectivity index (χ1) is 6.27. The summed E-state index contributed by atoms with van der Waals surface area (Å²) >= 11 is 0. The fraction of sp³-hybridized carbons (Fsp3) is 1.00. The second kappa shape index (κ2) is 5.97. The van der Waals surface area contributed by atoms with Crippen LogP contribution < -0.4 is 5.32 Å². The number of hydrogen-bond donors (Lipinski definition) is 3. The maximum Gasteiger partial charge on any atom is 0.470 e. The minimum atomic E-state index is -4.29. The second-order valence-electron chi connectivity index (χ2n) is 5.19. The predicted octanol–water partition coefficient (Wildman–Crippen LogP) is 1.90. The van der Waals surface area contributed by atoms with Crippen LogP contribution in [0, 0.1) is 0 Å². The van der Waals surface area contributed by atoms with Gasteiger partial charge in [-0.15, -0.1) is 0 Å². The van der Waals surface area contributed by atoms with Crippen molar-refractivity contribution in [3.8, 4) is 0 Å². The van der Waals surface area contributed by atoms with E-state index in [9.17, 15) is 4.57 Å². The lowest BCUT2D eigenvalue weighted by atomic mass is 10.1. The van der Waals surface area contributed by atoms with E-state index in [2.05, 4.69) is 30.6 Å². The molecule has 0 saturated carbocycles. The molecule has 0 aliphatic carbocycles. The summed E-state index contributed by atoms with van der Waals surface area (Å²) in [6.07, 6.45) is 0. The summed E-state index contributed by atoms with van der Waals surface area (Å²) in [7, 11) is -2.33. The predicted molar refractivity (Wildman–Crippen MR) is 61.7 cm³/mol. The van der Waals surface area contributed by atoms with E-state index in [0.29, 0.717) is 5.54 Å². The second-order valence-corrected chi connectivity index (χ2v) is 6.36. The van der Waals surface area contributed by atoms with Crippen molar-refractivity contribution in [1.82, 2.24) is 5.32 Å². The molecule has 5 nitrogen and oxygen atoms in total. The van der Waals surface area contributed by atoms with Crippen molar-refractivity contribution >= 4 is 7.82 Å². The summed E-state index contributed by atoms with van der Waals surface area (Å²) in [6, 6.07) is 0. The highest BCUT2D eigenvalue weighted by molar-refractivity contribution is 7.46. The van der Waals surface area contributed by atoms with Crippen molar-refractivity contribution < 1.29 is 18.9 Å². The average molecular weight is 241 g/mol. The van der Waals surface area contributed by atoms with E-state index < -0.39 is 13.4 Å². The van der Waals surface area contributed by atoms with E-state index in [1.165, 1.54) is 0 Å². The third kappa shape index (κ3) is 24.9. The minimum Gasteiger partial charge on any atom is -0.315 e. The summed E-state index contributed by atoms with van der Waals surface area (Å²) in [5, 5.41) is 3.10.